The molecule has 28 heavy (non-hydrogen) atoms. The Labute approximate surface area is 163 Å². The van der Waals surface area contributed by atoms with Gasteiger partial charge in [0.25, 0.3) is 5.91 Å². The Morgan fingerprint density at radius 3 is 2.50 bits per heavy atom. The van der Waals surface area contributed by atoms with Gasteiger partial charge in [-0.25, -0.2) is 5.01 Å². The standard InChI is InChI=1S/C22H20N2O4/c1-26-17-8-3-6-15(12-17)19-14-20(21-10-5-11-28-21)24(23-19)22(25)16-7-4-9-18(13-16)27-2/h3-13,20H,14H2,1-2H3. The van der Waals surface area contributed by atoms with Crippen LogP contribution in [0.3, 0.4) is 0 Å². The van der Waals surface area contributed by atoms with E-state index in [1.807, 2.05) is 36.4 Å². The molecule has 3 aromatic rings. The summed E-state index contributed by atoms with van der Waals surface area (Å²) in [5.74, 6) is 1.85. The molecule has 0 N–H and O–H groups in total. The van der Waals surface area contributed by atoms with Crippen molar-refractivity contribution >= 4 is 11.6 Å². The van der Waals surface area contributed by atoms with Gasteiger partial charge < -0.3 is 13.9 Å². The Balaban J connectivity index is 1.72. The van der Waals surface area contributed by atoms with Crippen LogP contribution in [-0.4, -0.2) is 30.8 Å². The number of nitrogens with zero attached hydrogens (tertiary/aromatic N) is 2. The van der Waals surface area contributed by atoms with Gasteiger partial charge in [0.05, 0.1) is 26.2 Å². The molecule has 0 saturated carbocycles. The van der Waals surface area contributed by atoms with Crippen LogP contribution < -0.4 is 9.47 Å². The molecule has 1 aliphatic heterocycles. The van der Waals surface area contributed by atoms with Gasteiger partial charge >= 0.3 is 0 Å². The maximum absolute atomic E-state index is 13.2. The van der Waals surface area contributed by atoms with Crippen LogP contribution >= 0.6 is 0 Å². The number of benzene rings is 2. The highest BCUT2D eigenvalue weighted by Gasteiger charge is 2.35. The van der Waals surface area contributed by atoms with Crippen LogP contribution in [0.5, 0.6) is 11.5 Å². The van der Waals surface area contributed by atoms with E-state index in [-0.39, 0.29) is 11.9 Å². The predicted molar refractivity (Wildman–Crippen MR) is 105 cm³/mol. The Kier molecular flexibility index (Phi) is 4.85. The summed E-state index contributed by atoms with van der Waals surface area (Å²) in [4.78, 5) is 13.2. The fourth-order valence-electron chi connectivity index (χ4n) is 3.27. The molecule has 0 spiro atoms. The van der Waals surface area contributed by atoms with E-state index >= 15 is 0 Å². The predicted octanol–water partition coefficient (Wildman–Crippen LogP) is 4.29. The maximum atomic E-state index is 13.2. The summed E-state index contributed by atoms with van der Waals surface area (Å²) in [6.07, 6.45) is 2.16. The first-order valence-electron chi connectivity index (χ1n) is 8.92. The van der Waals surface area contributed by atoms with Gasteiger partial charge in [-0.2, -0.15) is 5.10 Å². The largest absolute Gasteiger partial charge is 0.497 e. The fourth-order valence-corrected chi connectivity index (χ4v) is 3.27. The lowest BCUT2D eigenvalue weighted by atomic mass is 10.0. The van der Waals surface area contributed by atoms with Gasteiger partial charge in [0.15, 0.2) is 0 Å². The molecule has 4 rings (SSSR count). The average molecular weight is 376 g/mol. The van der Waals surface area contributed by atoms with E-state index in [9.17, 15) is 4.79 Å². The number of ether oxygens (including phenoxy) is 2. The van der Waals surface area contributed by atoms with Crippen molar-refractivity contribution in [2.45, 2.75) is 12.5 Å². The van der Waals surface area contributed by atoms with Gasteiger partial charge in [-0.15, -0.1) is 0 Å². The summed E-state index contributed by atoms with van der Waals surface area (Å²) in [6.45, 7) is 0. The number of carbonyl (C=O) groups is 1. The summed E-state index contributed by atoms with van der Waals surface area (Å²) in [6, 6.07) is 18.1. The second-order valence-electron chi connectivity index (χ2n) is 6.40. The highest BCUT2D eigenvalue weighted by Crippen LogP contribution is 2.35. The van der Waals surface area contributed by atoms with E-state index in [1.54, 1.807) is 44.7 Å². The van der Waals surface area contributed by atoms with E-state index in [0.717, 1.165) is 17.0 Å². The van der Waals surface area contributed by atoms with Crippen molar-refractivity contribution < 1.29 is 18.7 Å². The first-order chi connectivity index (χ1) is 13.7. The van der Waals surface area contributed by atoms with Crippen LogP contribution in [-0.2, 0) is 0 Å². The second-order valence-corrected chi connectivity index (χ2v) is 6.40. The number of hydrogen-bond acceptors (Lipinski definition) is 5. The van der Waals surface area contributed by atoms with Crippen molar-refractivity contribution in [3.05, 3.63) is 83.8 Å². The number of amides is 1. The lowest BCUT2D eigenvalue weighted by Gasteiger charge is -2.20. The molecular formula is C22H20N2O4. The van der Waals surface area contributed by atoms with Gasteiger partial charge in [-0.3, -0.25) is 4.79 Å². The first-order valence-corrected chi connectivity index (χ1v) is 8.92. The average Bonchev–Trinajstić information content (AvgIpc) is 3.43. The topological polar surface area (TPSA) is 64.3 Å². The Morgan fingerprint density at radius 1 is 1.04 bits per heavy atom. The molecular weight excluding hydrogens is 356 g/mol. The zero-order chi connectivity index (χ0) is 19.5. The molecule has 2 heterocycles. The number of carbonyl (C=O) groups excluding carboxylic acids is 1. The molecule has 0 fully saturated rings. The normalized spacial score (nSPS) is 16.0. The van der Waals surface area contributed by atoms with E-state index in [1.165, 1.54) is 5.01 Å². The smallest absolute Gasteiger partial charge is 0.274 e. The summed E-state index contributed by atoms with van der Waals surface area (Å²) < 4.78 is 16.1. The summed E-state index contributed by atoms with van der Waals surface area (Å²) >= 11 is 0. The number of methoxy groups -OCH3 is 2. The molecule has 1 amide bonds. The molecule has 0 aliphatic carbocycles. The van der Waals surface area contributed by atoms with Crippen LogP contribution in [0.25, 0.3) is 0 Å². The minimum Gasteiger partial charge on any atom is -0.497 e. The van der Waals surface area contributed by atoms with E-state index in [4.69, 9.17) is 13.9 Å². The third-order valence-corrected chi connectivity index (χ3v) is 4.71. The van der Waals surface area contributed by atoms with Crippen LogP contribution in [0.2, 0.25) is 0 Å². The third-order valence-electron chi connectivity index (χ3n) is 4.71. The van der Waals surface area contributed by atoms with E-state index < -0.39 is 0 Å². The molecule has 6 nitrogen and oxygen atoms in total. The molecule has 6 heteroatoms. The van der Waals surface area contributed by atoms with Gasteiger partial charge in [-0.1, -0.05) is 18.2 Å². The Hall–Kier alpha value is -3.54. The maximum Gasteiger partial charge on any atom is 0.274 e. The van der Waals surface area contributed by atoms with Crippen LogP contribution in [0.4, 0.5) is 0 Å². The zero-order valence-electron chi connectivity index (χ0n) is 15.7. The van der Waals surface area contributed by atoms with Crippen molar-refractivity contribution in [3.63, 3.8) is 0 Å². The van der Waals surface area contributed by atoms with Gasteiger partial charge in [-0.05, 0) is 42.5 Å². The van der Waals surface area contributed by atoms with Crippen LogP contribution in [0.1, 0.15) is 34.1 Å². The van der Waals surface area contributed by atoms with Crippen molar-refractivity contribution in [1.29, 1.82) is 0 Å². The number of furan rings is 1. The monoisotopic (exact) mass is 376 g/mol. The molecule has 1 aromatic heterocycles. The lowest BCUT2D eigenvalue weighted by Crippen LogP contribution is -2.26. The van der Waals surface area contributed by atoms with Gasteiger partial charge in [0.1, 0.15) is 23.3 Å². The van der Waals surface area contributed by atoms with E-state index in [2.05, 4.69) is 5.10 Å². The summed E-state index contributed by atoms with van der Waals surface area (Å²) in [7, 11) is 3.20. The number of rotatable bonds is 5. The summed E-state index contributed by atoms with van der Waals surface area (Å²) in [5, 5.41) is 6.14. The quantitative estimate of drug-likeness (QED) is 0.666. The number of hydrazone groups is 1. The van der Waals surface area contributed by atoms with Crippen molar-refractivity contribution in [2.24, 2.45) is 5.10 Å². The van der Waals surface area contributed by atoms with Crippen molar-refractivity contribution in [1.82, 2.24) is 5.01 Å². The summed E-state index contributed by atoms with van der Waals surface area (Å²) in [5.41, 5.74) is 2.22. The van der Waals surface area contributed by atoms with Crippen LogP contribution in [0, 0.1) is 0 Å². The molecule has 0 saturated heterocycles. The first kappa shape index (κ1) is 17.9. The van der Waals surface area contributed by atoms with Crippen LogP contribution in [0.15, 0.2) is 76.4 Å². The molecule has 0 bridgehead atoms. The molecule has 2 aromatic carbocycles. The zero-order valence-corrected chi connectivity index (χ0v) is 15.7. The van der Waals surface area contributed by atoms with E-state index in [0.29, 0.717) is 23.5 Å². The lowest BCUT2D eigenvalue weighted by molar-refractivity contribution is 0.0692. The minimum atomic E-state index is -0.310. The molecule has 1 aliphatic rings. The van der Waals surface area contributed by atoms with Crippen molar-refractivity contribution in [2.75, 3.05) is 14.2 Å². The minimum absolute atomic E-state index is 0.210. The SMILES string of the molecule is COc1cccc(C(=O)N2N=C(c3cccc(OC)c3)CC2c2ccco2)c1. The Bertz CT molecular complexity index is 1010. The molecule has 1 unspecified atom stereocenters. The van der Waals surface area contributed by atoms with Crippen molar-refractivity contribution in [3.8, 4) is 11.5 Å². The number of hydrogen-bond donors (Lipinski definition) is 0. The van der Waals surface area contributed by atoms with Gasteiger partial charge in [0.2, 0.25) is 0 Å². The third kappa shape index (κ3) is 3.36. The Morgan fingerprint density at radius 2 is 1.79 bits per heavy atom. The molecule has 0 radical (unpaired) electrons. The molecule has 142 valence electrons. The fraction of sp³-hybridized carbons (Fsp3) is 0.182. The van der Waals surface area contributed by atoms with Gasteiger partial charge in [0, 0.05) is 17.5 Å². The second kappa shape index (κ2) is 7.60. The highest BCUT2D eigenvalue weighted by atomic mass is 16.5. The molecule has 1 atom stereocenters. The highest BCUT2D eigenvalue weighted by molar-refractivity contribution is 6.05.